The monoisotopic (exact) mass is 542 g/mol. The summed E-state index contributed by atoms with van der Waals surface area (Å²) in [4.78, 5) is 51.5. The number of aryl methyl sites for hydroxylation is 1. The third kappa shape index (κ3) is 4.48. The molecule has 2 atom stereocenters. The van der Waals surface area contributed by atoms with Crippen LogP contribution in [0.3, 0.4) is 0 Å². The van der Waals surface area contributed by atoms with Crippen LogP contribution in [0.5, 0.6) is 0 Å². The molecule has 1 aliphatic heterocycles. The van der Waals surface area contributed by atoms with Gasteiger partial charge in [-0.2, -0.15) is 15.3 Å². The lowest BCUT2D eigenvalue weighted by Crippen LogP contribution is -2.44. The van der Waals surface area contributed by atoms with Crippen LogP contribution in [-0.4, -0.2) is 76.3 Å². The predicted molar refractivity (Wildman–Crippen MR) is 142 cm³/mol. The van der Waals surface area contributed by atoms with Gasteiger partial charge >= 0.3 is 0 Å². The van der Waals surface area contributed by atoms with Gasteiger partial charge in [-0.3, -0.25) is 19.1 Å². The third-order valence-electron chi connectivity index (χ3n) is 6.84. The Labute approximate surface area is 225 Å². The number of primary amides is 1. The van der Waals surface area contributed by atoms with Crippen molar-refractivity contribution in [1.82, 2.24) is 39.8 Å². The molecule has 2 unspecified atom stereocenters. The van der Waals surface area contributed by atoms with E-state index in [4.69, 9.17) is 5.73 Å². The number of carbonyl (C=O) groups excluding carboxylic acids is 3. The maximum atomic E-state index is 14.6. The lowest BCUT2D eigenvalue weighted by atomic mass is 10.0. The van der Waals surface area contributed by atoms with Gasteiger partial charge in [0, 0.05) is 23.1 Å². The number of hydrogen-bond donors (Lipinski definition) is 3. The zero-order valence-electron chi connectivity index (χ0n) is 21.2. The van der Waals surface area contributed by atoms with Gasteiger partial charge in [-0.1, -0.05) is 6.07 Å². The van der Waals surface area contributed by atoms with E-state index in [9.17, 15) is 18.8 Å². The fraction of sp³-hybridized carbons (Fsp3) is 0.231. The first-order valence-corrected chi connectivity index (χ1v) is 12.4. The van der Waals surface area contributed by atoms with E-state index in [0.29, 0.717) is 27.6 Å². The van der Waals surface area contributed by atoms with Gasteiger partial charge in [-0.25, -0.2) is 14.4 Å². The number of rotatable bonds is 6. The number of imidazole rings is 1. The minimum atomic E-state index is -1.39. The zero-order valence-corrected chi connectivity index (χ0v) is 21.2. The summed E-state index contributed by atoms with van der Waals surface area (Å²) in [7, 11) is 0. The first kappa shape index (κ1) is 25.0. The van der Waals surface area contributed by atoms with Gasteiger partial charge in [0.05, 0.1) is 36.3 Å². The molecular formula is C26H23FN10O3. The Morgan fingerprint density at radius 2 is 2.02 bits per heavy atom. The van der Waals surface area contributed by atoms with Crippen LogP contribution in [0.2, 0.25) is 0 Å². The Hall–Kier alpha value is -5.27. The van der Waals surface area contributed by atoms with Crippen LogP contribution in [0.1, 0.15) is 22.6 Å². The molecule has 1 aliphatic rings. The number of H-pyrrole nitrogens is 1. The van der Waals surface area contributed by atoms with Crippen molar-refractivity contribution in [3.8, 4) is 11.1 Å². The van der Waals surface area contributed by atoms with Crippen LogP contribution in [-0.2, 0) is 16.1 Å². The highest BCUT2D eigenvalue weighted by atomic mass is 19.1. The molecule has 5 aromatic rings. The zero-order chi connectivity index (χ0) is 28.0. The highest BCUT2D eigenvalue weighted by Gasteiger charge is 2.40. The molecule has 0 saturated carbocycles. The maximum Gasteiger partial charge on any atom is 0.269 e. The molecule has 0 radical (unpaired) electrons. The maximum absolute atomic E-state index is 14.6. The molecule has 1 saturated heterocycles. The summed E-state index contributed by atoms with van der Waals surface area (Å²) in [6.45, 7) is 1.18. The number of nitrogens with zero attached hydrogens (tertiary/aromatic N) is 7. The standard InChI is InChI=1S/C26H23FN10O3/c1-13-6-18-23(30-12-29-18)25(33-13)34-26(40)20-8-16(27)10-36(20)21(38)11-37-19-3-2-14(15-4-5-31-32-9-15)7-17(19)22(35-37)24(28)39/h2-7,9,12,16,20H,8,10-11H2,1H3,(H2,28,39)(H,29,30)(H,33,34,40). The van der Waals surface area contributed by atoms with Crippen LogP contribution < -0.4 is 11.1 Å². The topological polar surface area (TPSA) is 178 Å². The predicted octanol–water partition coefficient (Wildman–Crippen LogP) is 1.75. The average molecular weight is 543 g/mol. The molecule has 3 amide bonds. The number of amides is 3. The van der Waals surface area contributed by atoms with E-state index < -0.39 is 29.9 Å². The van der Waals surface area contributed by atoms with Crippen LogP contribution in [0.15, 0.2) is 49.1 Å². The molecule has 14 heteroatoms. The van der Waals surface area contributed by atoms with Crippen molar-refractivity contribution >= 4 is 45.5 Å². The van der Waals surface area contributed by atoms with Crippen molar-refractivity contribution in [3.63, 3.8) is 0 Å². The molecule has 202 valence electrons. The number of carbonyl (C=O) groups is 3. The van der Waals surface area contributed by atoms with Gasteiger partial charge in [0.2, 0.25) is 11.8 Å². The fourth-order valence-corrected chi connectivity index (χ4v) is 5.01. The summed E-state index contributed by atoms with van der Waals surface area (Å²) in [6.07, 6.45) is 3.06. The van der Waals surface area contributed by atoms with Gasteiger partial charge in [-0.15, -0.1) is 0 Å². The molecule has 0 aliphatic carbocycles. The highest BCUT2D eigenvalue weighted by Crippen LogP contribution is 2.28. The van der Waals surface area contributed by atoms with E-state index in [1.54, 1.807) is 49.6 Å². The van der Waals surface area contributed by atoms with Crippen molar-refractivity contribution in [1.29, 1.82) is 0 Å². The summed E-state index contributed by atoms with van der Waals surface area (Å²) >= 11 is 0. The summed E-state index contributed by atoms with van der Waals surface area (Å²) in [5.41, 5.74) is 9.36. The number of fused-ring (bicyclic) bond motifs is 2. The number of nitrogens with one attached hydrogen (secondary N) is 2. The summed E-state index contributed by atoms with van der Waals surface area (Å²) in [5.74, 6) is -1.65. The Balaban J connectivity index is 1.27. The van der Waals surface area contributed by atoms with Crippen LogP contribution in [0.4, 0.5) is 10.2 Å². The van der Waals surface area contributed by atoms with Crippen LogP contribution in [0.25, 0.3) is 33.1 Å². The summed E-state index contributed by atoms with van der Waals surface area (Å²) in [6, 6.07) is 7.72. The number of nitrogens with two attached hydrogens (primary N) is 1. The largest absolute Gasteiger partial charge is 0.364 e. The molecule has 1 fully saturated rings. The van der Waals surface area contributed by atoms with E-state index in [0.717, 1.165) is 11.1 Å². The van der Waals surface area contributed by atoms with E-state index in [2.05, 4.69) is 35.6 Å². The number of anilines is 1. The molecule has 1 aromatic carbocycles. The van der Waals surface area contributed by atoms with E-state index in [1.807, 2.05) is 0 Å². The second-order valence-electron chi connectivity index (χ2n) is 9.53. The van der Waals surface area contributed by atoms with Gasteiger partial charge in [-0.05, 0) is 36.8 Å². The van der Waals surface area contributed by atoms with Gasteiger partial charge in [0.1, 0.15) is 24.3 Å². The Bertz CT molecular complexity index is 1780. The first-order chi connectivity index (χ1) is 19.3. The number of pyridine rings is 1. The fourth-order valence-electron chi connectivity index (χ4n) is 5.01. The number of halogens is 1. The number of benzene rings is 1. The molecule has 0 bridgehead atoms. The first-order valence-electron chi connectivity index (χ1n) is 12.4. The Kier molecular flexibility index (Phi) is 6.13. The summed E-state index contributed by atoms with van der Waals surface area (Å²) < 4.78 is 15.9. The van der Waals surface area contributed by atoms with Gasteiger partial charge in [0.15, 0.2) is 11.5 Å². The minimum absolute atomic E-state index is 0.0145. The normalized spacial score (nSPS) is 17.0. The Morgan fingerprint density at radius 1 is 1.18 bits per heavy atom. The van der Waals surface area contributed by atoms with Crippen LogP contribution >= 0.6 is 0 Å². The second-order valence-corrected chi connectivity index (χ2v) is 9.53. The number of likely N-dealkylation sites (tertiary alicyclic amines) is 1. The molecule has 0 spiro atoms. The SMILES string of the molecule is Cc1cc2[nH]cnc2c(NC(=O)C2CC(F)CN2C(=O)Cn2nc(C(N)=O)c3cc(-c4ccnnc4)ccc32)n1. The number of hydrogen-bond acceptors (Lipinski definition) is 8. The molecule has 5 heterocycles. The highest BCUT2D eigenvalue weighted by molar-refractivity contribution is 6.05. The van der Waals surface area contributed by atoms with Crippen molar-refractivity contribution in [2.45, 2.75) is 32.1 Å². The number of aromatic nitrogens is 7. The number of alkyl halides is 1. The lowest BCUT2D eigenvalue weighted by molar-refractivity contribution is -0.137. The molecular weight excluding hydrogens is 519 g/mol. The third-order valence-corrected chi connectivity index (χ3v) is 6.84. The van der Waals surface area contributed by atoms with Crippen molar-refractivity contribution in [3.05, 3.63) is 60.4 Å². The molecule has 40 heavy (non-hydrogen) atoms. The second kappa shape index (κ2) is 9.80. The smallest absolute Gasteiger partial charge is 0.269 e. The van der Waals surface area contributed by atoms with Crippen molar-refractivity contribution < 1.29 is 18.8 Å². The number of aromatic amines is 1. The van der Waals surface area contributed by atoms with Gasteiger partial charge in [0.25, 0.3) is 5.91 Å². The quantitative estimate of drug-likeness (QED) is 0.290. The Morgan fingerprint density at radius 3 is 2.80 bits per heavy atom. The van der Waals surface area contributed by atoms with Crippen molar-refractivity contribution in [2.24, 2.45) is 5.73 Å². The molecule has 4 N–H and O–H groups in total. The molecule has 6 rings (SSSR count). The lowest BCUT2D eigenvalue weighted by Gasteiger charge is -2.23. The van der Waals surface area contributed by atoms with E-state index >= 15 is 0 Å². The molecule has 13 nitrogen and oxygen atoms in total. The van der Waals surface area contributed by atoms with Gasteiger partial charge < -0.3 is 20.9 Å². The van der Waals surface area contributed by atoms with Crippen LogP contribution in [0, 0.1) is 6.92 Å². The van der Waals surface area contributed by atoms with E-state index in [-0.39, 0.29) is 31.0 Å². The minimum Gasteiger partial charge on any atom is -0.364 e. The summed E-state index contributed by atoms with van der Waals surface area (Å²) in [5, 5.41) is 15.1. The molecule has 4 aromatic heterocycles. The van der Waals surface area contributed by atoms with E-state index in [1.165, 1.54) is 15.9 Å². The van der Waals surface area contributed by atoms with Crippen molar-refractivity contribution in [2.75, 3.05) is 11.9 Å². The average Bonchev–Trinajstić information content (AvgIpc) is 3.66.